The molecule has 214 valence electrons. The summed E-state index contributed by atoms with van der Waals surface area (Å²) < 4.78 is 59.3. The SMILES string of the molecule is COc1ccc(C2CC(=O)N(c3cccn(CC(C)O)c3=O)C2)c(F)c1.NC(=O)c1ccc(OC(F)(F)F)cc1. The molecular formula is C27H27F4N3O6. The Hall–Kier alpha value is -4.39. The molecule has 3 aromatic rings. The van der Waals surface area contributed by atoms with Crippen LogP contribution in [0.15, 0.2) is 65.6 Å². The molecule has 2 unspecified atom stereocenters. The molecule has 2 amide bonds. The first-order chi connectivity index (χ1) is 18.8. The van der Waals surface area contributed by atoms with E-state index in [-0.39, 0.29) is 53.9 Å². The Morgan fingerprint density at radius 3 is 2.33 bits per heavy atom. The summed E-state index contributed by atoms with van der Waals surface area (Å²) in [5.41, 5.74) is 5.34. The number of methoxy groups -OCH3 is 1. The van der Waals surface area contributed by atoms with Crippen molar-refractivity contribution in [2.45, 2.75) is 38.3 Å². The van der Waals surface area contributed by atoms with Crippen LogP contribution in [0.1, 0.15) is 35.2 Å². The maximum absolute atomic E-state index is 14.3. The first kappa shape index (κ1) is 30.2. The number of primary amides is 1. The smallest absolute Gasteiger partial charge is 0.497 e. The van der Waals surface area contributed by atoms with Gasteiger partial charge in [-0.25, -0.2) is 4.39 Å². The Bertz CT molecular complexity index is 1410. The van der Waals surface area contributed by atoms with Gasteiger partial charge in [0.1, 0.15) is 23.0 Å². The van der Waals surface area contributed by atoms with Crippen molar-refractivity contribution in [1.29, 1.82) is 0 Å². The van der Waals surface area contributed by atoms with E-state index in [1.807, 2.05) is 0 Å². The summed E-state index contributed by atoms with van der Waals surface area (Å²) in [5.74, 6) is -1.67. The molecule has 40 heavy (non-hydrogen) atoms. The molecule has 2 atom stereocenters. The predicted octanol–water partition coefficient (Wildman–Crippen LogP) is 3.58. The van der Waals surface area contributed by atoms with Gasteiger partial charge < -0.3 is 29.8 Å². The van der Waals surface area contributed by atoms with Gasteiger partial charge in [-0.05, 0) is 55.0 Å². The van der Waals surface area contributed by atoms with Crippen molar-refractivity contribution in [2.75, 3.05) is 18.6 Å². The van der Waals surface area contributed by atoms with Gasteiger partial charge in [0.15, 0.2) is 0 Å². The summed E-state index contributed by atoms with van der Waals surface area (Å²) in [6.07, 6.45) is -3.71. The molecular weight excluding hydrogens is 538 g/mol. The van der Waals surface area contributed by atoms with Gasteiger partial charge in [-0.1, -0.05) is 6.07 Å². The van der Waals surface area contributed by atoms with E-state index in [1.165, 1.54) is 22.6 Å². The van der Waals surface area contributed by atoms with Crippen molar-refractivity contribution < 1.29 is 41.7 Å². The fourth-order valence-corrected chi connectivity index (χ4v) is 4.09. The van der Waals surface area contributed by atoms with Gasteiger partial charge in [-0.3, -0.25) is 14.4 Å². The number of amides is 2. The molecule has 1 aliphatic heterocycles. The lowest BCUT2D eigenvalue weighted by atomic mass is 9.97. The van der Waals surface area contributed by atoms with Crippen LogP contribution in [0.5, 0.6) is 11.5 Å². The van der Waals surface area contributed by atoms with Crippen LogP contribution in [0.25, 0.3) is 0 Å². The van der Waals surface area contributed by atoms with Crippen molar-refractivity contribution in [3.63, 3.8) is 0 Å². The van der Waals surface area contributed by atoms with E-state index in [9.17, 15) is 37.1 Å². The minimum atomic E-state index is -4.73. The number of hydrogen-bond donors (Lipinski definition) is 2. The van der Waals surface area contributed by atoms with E-state index in [4.69, 9.17) is 10.5 Å². The Morgan fingerprint density at radius 2 is 1.77 bits per heavy atom. The predicted molar refractivity (Wildman–Crippen MR) is 137 cm³/mol. The van der Waals surface area contributed by atoms with Crippen molar-refractivity contribution in [1.82, 2.24) is 4.57 Å². The number of aliphatic hydroxyl groups is 1. The molecule has 0 aliphatic carbocycles. The highest BCUT2D eigenvalue weighted by molar-refractivity contribution is 5.96. The third-order valence-electron chi connectivity index (χ3n) is 5.90. The number of pyridine rings is 1. The van der Waals surface area contributed by atoms with Gasteiger partial charge in [0.05, 0.1) is 19.8 Å². The number of benzene rings is 2. The first-order valence-electron chi connectivity index (χ1n) is 12.0. The largest absolute Gasteiger partial charge is 0.573 e. The molecule has 4 rings (SSSR count). The summed E-state index contributed by atoms with van der Waals surface area (Å²) in [7, 11) is 1.46. The number of nitrogens with two attached hydrogens (primary N) is 1. The topological polar surface area (TPSA) is 124 Å². The number of carbonyl (C=O) groups excluding carboxylic acids is 2. The van der Waals surface area contributed by atoms with Crippen LogP contribution in [0.3, 0.4) is 0 Å². The maximum Gasteiger partial charge on any atom is 0.573 e. The Kier molecular flexibility index (Phi) is 9.53. The lowest BCUT2D eigenvalue weighted by molar-refractivity contribution is -0.274. The van der Waals surface area contributed by atoms with Gasteiger partial charge in [0, 0.05) is 36.7 Å². The molecule has 1 aliphatic rings. The van der Waals surface area contributed by atoms with Crippen LogP contribution >= 0.6 is 0 Å². The fourth-order valence-electron chi connectivity index (χ4n) is 4.09. The summed E-state index contributed by atoms with van der Waals surface area (Å²) in [6, 6.07) is 12.2. The number of hydrogen-bond acceptors (Lipinski definition) is 6. The standard InChI is InChI=1S/C19H21FN2O4.C8H6F3NO2/c1-12(23)10-21-7-3-4-17(19(21)25)22-11-13(8-18(22)24)15-6-5-14(26-2)9-16(15)20;9-8(10,11)14-6-3-1-5(2-4-6)7(12)13/h3-7,9,12-13,23H,8,10-11H2,1-2H3;1-4H,(H2,12,13). The Morgan fingerprint density at radius 1 is 1.12 bits per heavy atom. The average molecular weight is 566 g/mol. The molecule has 1 aromatic heterocycles. The molecule has 13 heteroatoms. The maximum atomic E-state index is 14.3. The second kappa shape index (κ2) is 12.6. The lowest BCUT2D eigenvalue weighted by Crippen LogP contribution is -2.34. The Labute approximate surface area is 226 Å². The number of carbonyl (C=O) groups is 2. The van der Waals surface area contributed by atoms with E-state index < -0.39 is 24.2 Å². The molecule has 0 bridgehead atoms. The van der Waals surface area contributed by atoms with E-state index in [0.29, 0.717) is 11.3 Å². The number of aliphatic hydroxyl groups excluding tert-OH is 1. The summed E-state index contributed by atoms with van der Waals surface area (Å²) in [5, 5.41) is 9.51. The molecule has 1 fully saturated rings. The highest BCUT2D eigenvalue weighted by Crippen LogP contribution is 2.33. The van der Waals surface area contributed by atoms with E-state index in [2.05, 4.69) is 4.74 Å². The Balaban J connectivity index is 0.000000267. The number of anilines is 1. The summed E-state index contributed by atoms with van der Waals surface area (Å²) in [6.45, 7) is 1.96. The lowest BCUT2D eigenvalue weighted by Gasteiger charge is -2.18. The zero-order chi connectivity index (χ0) is 29.6. The second-order valence-corrected chi connectivity index (χ2v) is 8.93. The zero-order valence-corrected chi connectivity index (χ0v) is 21.5. The van der Waals surface area contributed by atoms with Gasteiger partial charge in [-0.2, -0.15) is 0 Å². The van der Waals surface area contributed by atoms with Crippen LogP contribution in [0.4, 0.5) is 23.2 Å². The van der Waals surface area contributed by atoms with E-state index in [1.54, 1.807) is 37.4 Å². The van der Waals surface area contributed by atoms with Gasteiger partial charge in [-0.15, -0.1) is 13.2 Å². The number of nitrogens with zero attached hydrogens (tertiary/aromatic N) is 2. The van der Waals surface area contributed by atoms with Crippen molar-refractivity contribution in [3.8, 4) is 11.5 Å². The van der Waals surface area contributed by atoms with Gasteiger partial charge in [0.25, 0.3) is 5.56 Å². The highest BCUT2D eigenvalue weighted by atomic mass is 19.4. The van der Waals surface area contributed by atoms with Crippen LogP contribution in [-0.2, 0) is 11.3 Å². The molecule has 2 aromatic carbocycles. The molecule has 0 spiro atoms. The van der Waals surface area contributed by atoms with Crippen LogP contribution in [0.2, 0.25) is 0 Å². The van der Waals surface area contributed by atoms with Crippen LogP contribution < -0.4 is 25.7 Å². The summed E-state index contributed by atoms with van der Waals surface area (Å²) in [4.78, 5) is 37.0. The normalized spacial score (nSPS) is 15.7. The fraction of sp³-hybridized carbons (Fsp3) is 0.296. The number of alkyl halides is 3. The van der Waals surface area contributed by atoms with E-state index in [0.717, 1.165) is 24.3 Å². The molecule has 2 heterocycles. The highest BCUT2D eigenvalue weighted by Gasteiger charge is 2.34. The van der Waals surface area contributed by atoms with Crippen molar-refractivity contribution in [3.05, 3.63) is 88.1 Å². The number of halogens is 4. The monoisotopic (exact) mass is 565 g/mol. The number of aromatic nitrogens is 1. The number of ether oxygens (including phenoxy) is 2. The molecule has 1 saturated heterocycles. The van der Waals surface area contributed by atoms with Gasteiger partial charge >= 0.3 is 6.36 Å². The van der Waals surface area contributed by atoms with E-state index >= 15 is 0 Å². The molecule has 9 nitrogen and oxygen atoms in total. The zero-order valence-electron chi connectivity index (χ0n) is 21.5. The quantitative estimate of drug-likeness (QED) is 0.422. The van der Waals surface area contributed by atoms with Crippen molar-refractivity contribution >= 4 is 17.5 Å². The minimum absolute atomic E-state index is 0.125. The van der Waals surface area contributed by atoms with Gasteiger partial charge in [0.2, 0.25) is 11.8 Å². The van der Waals surface area contributed by atoms with Crippen molar-refractivity contribution in [2.24, 2.45) is 5.73 Å². The molecule has 3 N–H and O–H groups in total. The minimum Gasteiger partial charge on any atom is -0.497 e. The second-order valence-electron chi connectivity index (χ2n) is 8.93. The van der Waals surface area contributed by atoms with Crippen LogP contribution in [0, 0.1) is 5.82 Å². The third-order valence-corrected chi connectivity index (χ3v) is 5.90. The average Bonchev–Trinajstić information content (AvgIpc) is 3.25. The van der Waals surface area contributed by atoms with Crippen LogP contribution in [-0.4, -0.2) is 47.6 Å². The third kappa shape index (κ3) is 7.82. The first-order valence-corrected chi connectivity index (χ1v) is 12.0. The number of rotatable bonds is 7. The molecule has 0 saturated carbocycles. The molecule has 0 radical (unpaired) electrons. The summed E-state index contributed by atoms with van der Waals surface area (Å²) >= 11 is 0.